The Morgan fingerprint density at radius 2 is 2.25 bits per heavy atom. The summed E-state index contributed by atoms with van der Waals surface area (Å²) in [5, 5.41) is 14.3. The molecule has 1 aromatic carbocycles. The zero-order chi connectivity index (χ0) is 14.3. The number of hydrogen-bond acceptors (Lipinski definition) is 3. The van der Waals surface area contributed by atoms with Gasteiger partial charge in [0, 0.05) is 5.39 Å². The normalized spacial score (nSPS) is 11.1. The van der Waals surface area contributed by atoms with Crippen molar-refractivity contribution in [2.24, 2.45) is 0 Å². The third kappa shape index (κ3) is 2.18. The summed E-state index contributed by atoms with van der Waals surface area (Å²) in [5.74, 6) is -1.23. The lowest BCUT2D eigenvalue weighted by atomic mass is 10.2. The van der Waals surface area contributed by atoms with Crippen LogP contribution in [0.1, 0.15) is 20.9 Å². The quantitative estimate of drug-likeness (QED) is 0.805. The van der Waals surface area contributed by atoms with Gasteiger partial charge >= 0.3 is 5.97 Å². The maximum absolute atomic E-state index is 13.2. The predicted octanol–water partition coefficient (Wildman–Crippen LogP) is 3.29. The van der Waals surface area contributed by atoms with Gasteiger partial charge in [-0.2, -0.15) is 5.10 Å². The minimum atomic E-state index is -0.942. The summed E-state index contributed by atoms with van der Waals surface area (Å²) in [6.45, 7) is 2.25. The first-order chi connectivity index (χ1) is 9.54. The third-order valence-corrected chi connectivity index (χ3v) is 4.18. The van der Waals surface area contributed by atoms with Crippen LogP contribution in [0.4, 0.5) is 4.39 Å². The summed E-state index contributed by atoms with van der Waals surface area (Å²) in [6, 6.07) is 7.94. The van der Waals surface area contributed by atoms with Crippen LogP contribution in [0.25, 0.3) is 10.2 Å². The Labute approximate surface area is 118 Å². The maximum Gasteiger partial charge on any atom is 0.345 e. The van der Waals surface area contributed by atoms with Crippen molar-refractivity contribution in [3.63, 3.8) is 0 Å². The summed E-state index contributed by atoms with van der Waals surface area (Å²) < 4.78 is 14.9. The highest BCUT2D eigenvalue weighted by Gasteiger charge is 2.15. The van der Waals surface area contributed by atoms with Gasteiger partial charge in [-0.25, -0.2) is 9.18 Å². The molecule has 2 aromatic heterocycles. The summed E-state index contributed by atoms with van der Waals surface area (Å²) in [7, 11) is 0. The van der Waals surface area contributed by atoms with Crippen molar-refractivity contribution in [1.29, 1.82) is 0 Å². The topological polar surface area (TPSA) is 55.1 Å². The number of aryl methyl sites for hydroxylation is 1. The number of nitrogens with zero attached hydrogens (tertiary/aromatic N) is 2. The molecular weight excluding hydrogens is 279 g/mol. The first-order valence-corrected chi connectivity index (χ1v) is 6.81. The minimum absolute atomic E-state index is 0.286. The number of aromatic nitrogens is 2. The van der Waals surface area contributed by atoms with Crippen LogP contribution >= 0.6 is 11.3 Å². The number of benzene rings is 1. The van der Waals surface area contributed by atoms with E-state index in [4.69, 9.17) is 5.11 Å². The monoisotopic (exact) mass is 290 g/mol. The molecule has 1 N–H and O–H groups in total. The van der Waals surface area contributed by atoms with Crippen molar-refractivity contribution in [2.45, 2.75) is 13.5 Å². The number of hydrogen-bond donors (Lipinski definition) is 1. The van der Waals surface area contributed by atoms with E-state index < -0.39 is 5.97 Å². The Bertz CT molecular complexity index is 807. The third-order valence-electron chi connectivity index (χ3n) is 3.04. The molecule has 0 saturated heterocycles. The van der Waals surface area contributed by atoms with Gasteiger partial charge in [-0.15, -0.1) is 11.3 Å². The van der Waals surface area contributed by atoms with E-state index in [-0.39, 0.29) is 10.7 Å². The molecule has 0 bridgehead atoms. The lowest BCUT2D eigenvalue weighted by Gasteiger charge is -2.02. The van der Waals surface area contributed by atoms with Gasteiger partial charge in [0.25, 0.3) is 0 Å². The summed E-state index contributed by atoms with van der Waals surface area (Å²) in [6.07, 6.45) is 0. The molecule has 0 spiro atoms. The first kappa shape index (κ1) is 12.8. The smallest absolute Gasteiger partial charge is 0.345 e. The van der Waals surface area contributed by atoms with E-state index in [9.17, 15) is 9.18 Å². The molecule has 102 valence electrons. The van der Waals surface area contributed by atoms with Crippen LogP contribution in [-0.4, -0.2) is 20.9 Å². The molecule has 3 aromatic rings. The van der Waals surface area contributed by atoms with Crippen LogP contribution in [0.5, 0.6) is 0 Å². The van der Waals surface area contributed by atoms with Gasteiger partial charge in [0.2, 0.25) is 0 Å². The van der Waals surface area contributed by atoms with E-state index >= 15 is 0 Å². The molecule has 6 heteroatoms. The molecule has 3 rings (SSSR count). The predicted molar refractivity (Wildman–Crippen MR) is 74.8 cm³/mol. The zero-order valence-corrected chi connectivity index (χ0v) is 11.4. The highest BCUT2D eigenvalue weighted by atomic mass is 32.1. The Kier molecular flexibility index (Phi) is 3.02. The van der Waals surface area contributed by atoms with Crippen molar-refractivity contribution in [1.82, 2.24) is 9.78 Å². The van der Waals surface area contributed by atoms with Crippen LogP contribution in [0.15, 0.2) is 30.3 Å². The van der Waals surface area contributed by atoms with E-state index in [2.05, 4.69) is 5.10 Å². The van der Waals surface area contributed by atoms with Crippen molar-refractivity contribution in [2.75, 3.05) is 0 Å². The molecule has 2 heterocycles. The van der Waals surface area contributed by atoms with Gasteiger partial charge in [-0.3, -0.25) is 4.68 Å². The fourth-order valence-corrected chi connectivity index (χ4v) is 3.13. The van der Waals surface area contributed by atoms with Gasteiger partial charge in [-0.05, 0) is 30.7 Å². The number of rotatable bonds is 3. The Morgan fingerprint density at radius 1 is 1.45 bits per heavy atom. The molecule has 0 atom stereocenters. The van der Waals surface area contributed by atoms with Crippen molar-refractivity contribution >= 4 is 27.5 Å². The van der Waals surface area contributed by atoms with Crippen LogP contribution in [0, 0.1) is 12.7 Å². The fourth-order valence-electron chi connectivity index (χ4n) is 2.13. The number of carboxylic acids is 1. The number of halogens is 1. The van der Waals surface area contributed by atoms with E-state index in [1.54, 1.807) is 16.8 Å². The number of thiophene rings is 1. The number of aromatic carboxylic acids is 1. The molecule has 0 aliphatic carbocycles. The zero-order valence-electron chi connectivity index (χ0n) is 10.6. The van der Waals surface area contributed by atoms with Crippen LogP contribution in [0.3, 0.4) is 0 Å². The Balaban J connectivity index is 2.05. The molecular formula is C14H11FN2O2S. The number of carbonyl (C=O) groups is 1. The molecule has 0 aliphatic heterocycles. The molecule has 4 nitrogen and oxygen atoms in total. The highest BCUT2D eigenvalue weighted by Crippen LogP contribution is 2.28. The maximum atomic E-state index is 13.2. The van der Waals surface area contributed by atoms with Gasteiger partial charge < -0.3 is 5.11 Å². The lowest BCUT2D eigenvalue weighted by Crippen LogP contribution is -2.01. The summed E-state index contributed by atoms with van der Waals surface area (Å²) in [5.41, 5.74) is 1.57. The highest BCUT2D eigenvalue weighted by molar-refractivity contribution is 7.20. The Hall–Kier alpha value is -2.21. The van der Waals surface area contributed by atoms with E-state index in [1.807, 2.05) is 13.0 Å². The molecule has 20 heavy (non-hydrogen) atoms. The van der Waals surface area contributed by atoms with Crippen molar-refractivity contribution in [3.8, 4) is 0 Å². The van der Waals surface area contributed by atoms with Crippen LogP contribution in [-0.2, 0) is 6.54 Å². The van der Waals surface area contributed by atoms with Crippen LogP contribution < -0.4 is 0 Å². The summed E-state index contributed by atoms with van der Waals surface area (Å²) in [4.78, 5) is 12.1. The van der Waals surface area contributed by atoms with Crippen molar-refractivity contribution in [3.05, 3.63) is 52.3 Å². The van der Waals surface area contributed by atoms with Gasteiger partial charge in [0.1, 0.15) is 15.5 Å². The largest absolute Gasteiger partial charge is 0.477 e. The second-order valence-electron chi connectivity index (χ2n) is 4.51. The molecule has 0 saturated carbocycles. The molecule has 0 fully saturated rings. The molecule has 0 radical (unpaired) electrons. The SMILES string of the molecule is Cc1nn(Cc2cccc(F)c2)c2sc(C(=O)O)cc12. The van der Waals surface area contributed by atoms with Crippen LogP contribution in [0.2, 0.25) is 0 Å². The van der Waals surface area contributed by atoms with E-state index in [0.29, 0.717) is 6.54 Å². The van der Waals surface area contributed by atoms with E-state index in [0.717, 1.165) is 21.5 Å². The second kappa shape index (κ2) is 4.72. The number of carboxylic acid groups (broad SMARTS) is 1. The fraction of sp³-hybridized carbons (Fsp3) is 0.143. The second-order valence-corrected chi connectivity index (χ2v) is 5.54. The average Bonchev–Trinajstić information content (AvgIpc) is 2.92. The van der Waals surface area contributed by atoms with Gasteiger partial charge in [0.15, 0.2) is 0 Å². The summed E-state index contributed by atoms with van der Waals surface area (Å²) >= 11 is 1.18. The standard InChI is InChI=1S/C14H11FN2O2S/c1-8-11-6-12(14(18)19)20-13(11)17(16-8)7-9-3-2-4-10(15)5-9/h2-6H,7H2,1H3,(H,18,19). The average molecular weight is 290 g/mol. The molecule has 0 amide bonds. The van der Waals surface area contributed by atoms with E-state index in [1.165, 1.54) is 23.5 Å². The molecule has 0 aliphatic rings. The first-order valence-electron chi connectivity index (χ1n) is 5.99. The van der Waals surface area contributed by atoms with Gasteiger partial charge in [0.05, 0.1) is 12.2 Å². The minimum Gasteiger partial charge on any atom is -0.477 e. The Morgan fingerprint density at radius 3 is 2.95 bits per heavy atom. The van der Waals surface area contributed by atoms with Gasteiger partial charge in [-0.1, -0.05) is 12.1 Å². The molecule has 0 unspecified atom stereocenters. The lowest BCUT2D eigenvalue weighted by molar-refractivity contribution is 0.0702. The number of fused-ring (bicyclic) bond motifs is 1. The van der Waals surface area contributed by atoms with Crippen molar-refractivity contribution < 1.29 is 14.3 Å².